The topological polar surface area (TPSA) is 60.2 Å². The third-order valence-corrected chi connectivity index (χ3v) is 5.30. The number of amides is 1. The Morgan fingerprint density at radius 1 is 1.19 bits per heavy atom. The van der Waals surface area contributed by atoms with Crippen molar-refractivity contribution < 1.29 is 27.5 Å². The van der Waals surface area contributed by atoms with E-state index in [1.807, 2.05) is 0 Å². The Kier molecular flexibility index (Phi) is 6.34. The Morgan fingerprint density at radius 3 is 2.39 bits per heavy atom. The molecule has 0 N–H and O–H groups in total. The van der Waals surface area contributed by atoms with E-state index in [2.05, 4.69) is 10.1 Å². The number of rotatable bonds is 3. The van der Waals surface area contributed by atoms with Crippen LogP contribution in [-0.4, -0.2) is 30.8 Å². The van der Waals surface area contributed by atoms with Gasteiger partial charge >= 0.3 is 6.18 Å². The average Bonchev–Trinajstić information content (AvgIpc) is 3.13. The van der Waals surface area contributed by atoms with E-state index in [-0.39, 0.29) is 27.2 Å². The molecule has 0 fully saturated rings. The maximum Gasteiger partial charge on any atom is 0.435 e. The van der Waals surface area contributed by atoms with Crippen LogP contribution >= 0.6 is 23.2 Å². The summed E-state index contributed by atoms with van der Waals surface area (Å²) in [6, 6.07) is 8.18. The number of hydrogen-bond donors (Lipinski definition) is 0. The second-order valence-electron chi connectivity index (χ2n) is 6.96. The highest BCUT2D eigenvalue weighted by atomic mass is 35.5. The predicted octanol–water partition coefficient (Wildman–Crippen LogP) is 6.09. The zero-order chi connectivity index (χ0) is 23.0. The van der Waals surface area contributed by atoms with Crippen LogP contribution in [0.3, 0.4) is 0 Å². The lowest BCUT2D eigenvalue weighted by Gasteiger charge is -2.29. The Morgan fingerprint density at radius 2 is 1.84 bits per heavy atom. The molecule has 1 aliphatic rings. The predicted molar refractivity (Wildman–Crippen MR) is 112 cm³/mol. The molecule has 2 aromatic rings. The smallest absolute Gasteiger partial charge is 0.435 e. The molecule has 164 valence electrons. The number of methoxy groups -OCH3 is 1. The van der Waals surface area contributed by atoms with Gasteiger partial charge in [-0.1, -0.05) is 34.4 Å². The summed E-state index contributed by atoms with van der Waals surface area (Å²) in [6.07, 6.45) is -5.37. The van der Waals surface area contributed by atoms with Crippen LogP contribution < -0.4 is 0 Å². The van der Waals surface area contributed by atoms with Gasteiger partial charge in [0.05, 0.1) is 12.8 Å². The largest absolute Gasteiger partial charge is 0.484 e. The van der Waals surface area contributed by atoms with Gasteiger partial charge < -0.3 is 9.57 Å². The normalized spacial score (nSPS) is 19.1. The zero-order valence-electron chi connectivity index (χ0n) is 16.7. The molecule has 3 rings (SSSR count). The van der Waals surface area contributed by atoms with Gasteiger partial charge in [-0.25, -0.2) is 0 Å². The standard InChI is InChI=1S/C21H17Cl2F3N2O3/c1-11-6-13(4-5-17(11)19(29)27-12(2)30-3)18-10-20(31-28-18,21(24,25)26)14-7-15(22)9-16(23)8-14/h4-9H,10H2,1-3H3/b27-12-. The van der Waals surface area contributed by atoms with Crippen LogP contribution in [0.15, 0.2) is 46.5 Å². The van der Waals surface area contributed by atoms with Gasteiger partial charge in [0, 0.05) is 34.5 Å². The summed E-state index contributed by atoms with van der Waals surface area (Å²) in [5.74, 6) is -0.330. The number of oxime groups is 1. The number of carbonyl (C=O) groups excluding carboxylic acids is 1. The fraction of sp³-hybridized carbons (Fsp3) is 0.286. The van der Waals surface area contributed by atoms with E-state index in [1.165, 1.54) is 32.2 Å². The molecule has 1 unspecified atom stereocenters. The van der Waals surface area contributed by atoms with Gasteiger partial charge in [0.1, 0.15) is 0 Å². The van der Waals surface area contributed by atoms with Gasteiger partial charge in [-0.2, -0.15) is 18.2 Å². The number of aryl methyl sites for hydroxylation is 1. The first-order valence-electron chi connectivity index (χ1n) is 9.00. The highest BCUT2D eigenvalue weighted by Crippen LogP contribution is 2.49. The lowest BCUT2D eigenvalue weighted by atomic mass is 9.86. The summed E-state index contributed by atoms with van der Waals surface area (Å²) in [4.78, 5) is 21.0. The maximum atomic E-state index is 14.1. The van der Waals surface area contributed by atoms with Crippen molar-refractivity contribution in [1.82, 2.24) is 0 Å². The number of halogens is 5. The van der Waals surface area contributed by atoms with E-state index in [0.717, 1.165) is 12.1 Å². The van der Waals surface area contributed by atoms with E-state index >= 15 is 0 Å². The van der Waals surface area contributed by atoms with Gasteiger partial charge in [0.2, 0.25) is 0 Å². The first kappa shape index (κ1) is 23.1. The van der Waals surface area contributed by atoms with Crippen LogP contribution in [0.5, 0.6) is 0 Å². The molecule has 1 aliphatic heterocycles. The van der Waals surface area contributed by atoms with Crippen LogP contribution in [0.1, 0.15) is 40.4 Å². The van der Waals surface area contributed by atoms with Gasteiger partial charge in [-0.05, 0) is 48.4 Å². The van der Waals surface area contributed by atoms with Crippen molar-refractivity contribution in [2.45, 2.75) is 32.0 Å². The van der Waals surface area contributed by atoms with E-state index in [0.29, 0.717) is 16.7 Å². The molecule has 1 heterocycles. The molecule has 0 aliphatic carbocycles. The third-order valence-electron chi connectivity index (χ3n) is 4.86. The lowest BCUT2D eigenvalue weighted by Crippen LogP contribution is -2.42. The lowest BCUT2D eigenvalue weighted by molar-refractivity contribution is -0.275. The SMILES string of the molecule is CO/C(C)=N\C(=O)c1ccc(C2=NOC(c3cc(Cl)cc(Cl)c3)(C(F)(F)F)C2)cc1C. The molecule has 10 heteroatoms. The van der Waals surface area contributed by atoms with E-state index in [4.69, 9.17) is 32.8 Å². The van der Waals surface area contributed by atoms with Crippen molar-refractivity contribution in [3.8, 4) is 0 Å². The van der Waals surface area contributed by atoms with Gasteiger partial charge in [0.25, 0.3) is 11.5 Å². The quantitative estimate of drug-likeness (QED) is 0.401. The number of alkyl halides is 3. The average molecular weight is 473 g/mol. The number of aliphatic imine (C=N–C) groups is 1. The van der Waals surface area contributed by atoms with E-state index < -0.39 is 24.1 Å². The zero-order valence-corrected chi connectivity index (χ0v) is 18.2. The summed E-state index contributed by atoms with van der Waals surface area (Å²) < 4.78 is 47.2. The molecule has 0 aromatic heterocycles. The summed E-state index contributed by atoms with van der Waals surface area (Å²) in [6.45, 7) is 3.18. The Balaban J connectivity index is 1.95. The number of nitrogens with zero attached hydrogens (tertiary/aromatic N) is 2. The first-order valence-corrected chi connectivity index (χ1v) is 9.75. The van der Waals surface area contributed by atoms with Gasteiger partial charge in [0.15, 0.2) is 5.90 Å². The molecule has 31 heavy (non-hydrogen) atoms. The summed E-state index contributed by atoms with van der Waals surface area (Å²) in [5.41, 5.74) is -1.69. The molecular formula is C21H17Cl2F3N2O3. The first-order chi connectivity index (χ1) is 14.5. The fourth-order valence-corrected chi connectivity index (χ4v) is 3.70. The van der Waals surface area contributed by atoms with Crippen LogP contribution in [0.4, 0.5) is 13.2 Å². The Bertz CT molecular complexity index is 1080. The minimum atomic E-state index is -4.79. The molecule has 5 nitrogen and oxygen atoms in total. The molecule has 0 bridgehead atoms. The molecule has 2 aromatic carbocycles. The van der Waals surface area contributed by atoms with Crippen molar-refractivity contribution in [2.24, 2.45) is 10.1 Å². The van der Waals surface area contributed by atoms with Crippen molar-refractivity contribution in [2.75, 3.05) is 7.11 Å². The number of ether oxygens (including phenoxy) is 1. The van der Waals surface area contributed by atoms with Crippen molar-refractivity contribution in [1.29, 1.82) is 0 Å². The van der Waals surface area contributed by atoms with Gasteiger partial charge in [-0.15, -0.1) is 0 Å². The van der Waals surface area contributed by atoms with Crippen LogP contribution in [0, 0.1) is 6.92 Å². The Hall–Kier alpha value is -2.58. The highest BCUT2D eigenvalue weighted by molar-refractivity contribution is 6.34. The summed E-state index contributed by atoms with van der Waals surface area (Å²) in [5, 5.41) is 3.82. The number of benzene rings is 2. The number of carbonyl (C=O) groups is 1. The Labute approximate surface area is 186 Å². The fourth-order valence-electron chi connectivity index (χ4n) is 3.18. The summed E-state index contributed by atoms with van der Waals surface area (Å²) >= 11 is 11.8. The van der Waals surface area contributed by atoms with Gasteiger partial charge in [-0.3, -0.25) is 4.79 Å². The van der Waals surface area contributed by atoms with Crippen LogP contribution in [0.25, 0.3) is 0 Å². The van der Waals surface area contributed by atoms with E-state index in [9.17, 15) is 18.0 Å². The monoisotopic (exact) mass is 472 g/mol. The van der Waals surface area contributed by atoms with Crippen LogP contribution in [0.2, 0.25) is 10.0 Å². The minimum absolute atomic E-state index is 0.0498. The summed E-state index contributed by atoms with van der Waals surface area (Å²) in [7, 11) is 1.39. The third kappa shape index (κ3) is 4.55. The van der Waals surface area contributed by atoms with Crippen molar-refractivity contribution in [3.05, 3.63) is 68.7 Å². The molecule has 1 atom stereocenters. The number of hydrogen-bond acceptors (Lipinski definition) is 4. The second-order valence-corrected chi connectivity index (χ2v) is 7.83. The molecule has 1 amide bonds. The van der Waals surface area contributed by atoms with Crippen molar-refractivity contribution >= 4 is 40.7 Å². The molecular weight excluding hydrogens is 456 g/mol. The van der Waals surface area contributed by atoms with Crippen molar-refractivity contribution in [3.63, 3.8) is 0 Å². The maximum absolute atomic E-state index is 14.1. The minimum Gasteiger partial charge on any atom is -0.484 e. The molecule has 0 spiro atoms. The van der Waals surface area contributed by atoms with E-state index in [1.54, 1.807) is 13.0 Å². The highest BCUT2D eigenvalue weighted by Gasteiger charge is 2.62. The molecule has 0 radical (unpaired) electrons. The molecule has 0 saturated heterocycles. The van der Waals surface area contributed by atoms with Crippen LogP contribution in [-0.2, 0) is 15.2 Å². The molecule has 0 saturated carbocycles. The second kappa shape index (κ2) is 8.51.